The van der Waals surface area contributed by atoms with Crippen LogP contribution in [0.2, 0.25) is 0 Å². The molecular weight excluding hydrogens is 348 g/mol. The number of carbonyl (C=O) groups excluding carboxylic acids is 1. The summed E-state index contributed by atoms with van der Waals surface area (Å²) in [6.45, 7) is 1.61. The fourth-order valence-corrected chi connectivity index (χ4v) is 4.44. The van der Waals surface area contributed by atoms with Gasteiger partial charge in [-0.15, -0.1) is 11.3 Å². The molecule has 0 radical (unpaired) electrons. The van der Waals surface area contributed by atoms with Gasteiger partial charge in [0.1, 0.15) is 0 Å². The third kappa shape index (κ3) is 3.40. The molecule has 26 heavy (non-hydrogen) atoms. The van der Waals surface area contributed by atoms with Crippen LogP contribution in [0.1, 0.15) is 39.3 Å². The van der Waals surface area contributed by atoms with E-state index in [1.54, 1.807) is 18.4 Å². The zero-order chi connectivity index (χ0) is 17.9. The lowest BCUT2D eigenvalue weighted by atomic mass is 10.2. The van der Waals surface area contributed by atoms with Crippen LogP contribution in [0.15, 0.2) is 47.0 Å². The predicted octanol–water partition coefficient (Wildman–Crippen LogP) is 3.49. The molecule has 1 unspecified atom stereocenters. The minimum absolute atomic E-state index is 0.0322. The molecular formula is C19H20N4O2S. The summed E-state index contributed by atoms with van der Waals surface area (Å²) in [7, 11) is 1.66. The van der Waals surface area contributed by atoms with Gasteiger partial charge in [0.2, 0.25) is 11.7 Å². The Labute approximate surface area is 155 Å². The summed E-state index contributed by atoms with van der Waals surface area (Å²) < 4.78 is 5.46. The molecule has 1 amide bonds. The Morgan fingerprint density at radius 1 is 1.31 bits per heavy atom. The minimum Gasteiger partial charge on any atom is -0.354 e. The zero-order valence-electron chi connectivity index (χ0n) is 14.5. The van der Waals surface area contributed by atoms with Gasteiger partial charge >= 0.3 is 0 Å². The molecule has 1 aliphatic heterocycles. The first-order valence-electron chi connectivity index (χ1n) is 8.68. The van der Waals surface area contributed by atoms with Crippen LogP contribution < -0.4 is 5.32 Å². The number of nitrogens with one attached hydrogen (secondary N) is 1. The number of nitrogens with zero attached hydrogens (tertiary/aromatic N) is 3. The van der Waals surface area contributed by atoms with Crippen molar-refractivity contribution >= 4 is 17.2 Å². The largest absolute Gasteiger partial charge is 0.354 e. The molecule has 1 fully saturated rings. The summed E-state index contributed by atoms with van der Waals surface area (Å²) >= 11 is 1.56. The topological polar surface area (TPSA) is 71.3 Å². The molecule has 3 aromatic rings. The van der Waals surface area contributed by atoms with E-state index in [4.69, 9.17) is 4.52 Å². The molecule has 1 aromatic carbocycles. The van der Waals surface area contributed by atoms with Crippen molar-refractivity contribution in [3.63, 3.8) is 0 Å². The second-order valence-corrected chi connectivity index (χ2v) is 7.40. The summed E-state index contributed by atoms with van der Waals surface area (Å²) in [5.41, 5.74) is 0.953. The van der Waals surface area contributed by atoms with Crippen molar-refractivity contribution < 1.29 is 9.32 Å². The summed E-state index contributed by atoms with van der Waals surface area (Å²) in [5.74, 6) is 1.21. The summed E-state index contributed by atoms with van der Waals surface area (Å²) in [5, 5.41) is 6.78. The molecule has 0 saturated carbocycles. The van der Waals surface area contributed by atoms with E-state index in [9.17, 15) is 4.79 Å². The van der Waals surface area contributed by atoms with Gasteiger partial charge in [0.15, 0.2) is 0 Å². The monoisotopic (exact) mass is 368 g/mol. The molecule has 1 saturated heterocycles. The first kappa shape index (κ1) is 16.9. The highest BCUT2D eigenvalue weighted by molar-refractivity contribution is 7.14. The van der Waals surface area contributed by atoms with Gasteiger partial charge in [-0.1, -0.05) is 35.5 Å². The van der Waals surface area contributed by atoms with Crippen LogP contribution in [0, 0.1) is 0 Å². The highest BCUT2D eigenvalue weighted by Gasteiger charge is 2.29. The lowest BCUT2D eigenvalue weighted by Crippen LogP contribution is -2.22. The average Bonchev–Trinajstić information content (AvgIpc) is 3.42. The number of hydrogen-bond donors (Lipinski definition) is 1. The third-order valence-corrected chi connectivity index (χ3v) is 5.79. The molecule has 134 valence electrons. The third-order valence-electron chi connectivity index (χ3n) is 4.61. The summed E-state index contributed by atoms with van der Waals surface area (Å²) in [6, 6.07) is 14.1. The van der Waals surface area contributed by atoms with E-state index in [0.717, 1.165) is 29.8 Å². The maximum atomic E-state index is 11.8. The average molecular weight is 368 g/mol. The fraction of sp³-hybridized carbons (Fsp3) is 0.316. The maximum absolute atomic E-state index is 11.8. The number of aromatic nitrogens is 2. The van der Waals surface area contributed by atoms with E-state index in [1.165, 1.54) is 4.88 Å². The minimum atomic E-state index is -0.0322. The fourth-order valence-electron chi connectivity index (χ4n) is 3.31. The summed E-state index contributed by atoms with van der Waals surface area (Å²) in [4.78, 5) is 20.7. The standard InChI is InChI=1S/C19H20N4O2S/c1-20-19(24)16-10-9-15(26-16)14-8-5-11-23(14)12-17-21-18(22-25-17)13-6-3-2-4-7-13/h2-4,6-7,9-10,14H,5,8,11-12H2,1H3,(H,20,24). The van der Waals surface area contributed by atoms with Crippen LogP contribution in [-0.4, -0.2) is 34.5 Å². The predicted molar refractivity (Wildman–Crippen MR) is 99.8 cm³/mol. The lowest BCUT2D eigenvalue weighted by Gasteiger charge is -2.21. The van der Waals surface area contributed by atoms with E-state index in [-0.39, 0.29) is 5.91 Å². The van der Waals surface area contributed by atoms with Crippen molar-refractivity contribution in [1.82, 2.24) is 20.4 Å². The molecule has 0 aliphatic carbocycles. The number of hydrogen-bond acceptors (Lipinski definition) is 6. The number of amides is 1. The molecule has 1 atom stereocenters. The summed E-state index contributed by atoms with van der Waals surface area (Å²) in [6.07, 6.45) is 2.20. The Hall–Kier alpha value is -2.51. The first-order chi connectivity index (χ1) is 12.7. The molecule has 2 aromatic heterocycles. The van der Waals surface area contributed by atoms with E-state index in [2.05, 4.69) is 26.4 Å². The maximum Gasteiger partial charge on any atom is 0.261 e. The van der Waals surface area contributed by atoms with Gasteiger partial charge < -0.3 is 9.84 Å². The molecule has 4 rings (SSSR count). The normalized spacial score (nSPS) is 17.5. The Morgan fingerprint density at radius 2 is 2.15 bits per heavy atom. The van der Waals surface area contributed by atoms with Crippen molar-refractivity contribution in [3.05, 3.63) is 58.1 Å². The second-order valence-electron chi connectivity index (χ2n) is 6.29. The number of likely N-dealkylation sites (tertiary alicyclic amines) is 1. The molecule has 0 spiro atoms. The Balaban J connectivity index is 1.48. The second kappa shape index (κ2) is 7.39. The van der Waals surface area contributed by atoms with Crippen molar-refractivity contribution in [2.75, 3.05) is 13.6 Å². The smallest absolute Gasteiger partial charge is 0.261 e. The van der Waals surface area contributed by atoms with Gasteiger partial charge in [0.25, 0.3) is 5.91 Å². The van der Waals surface area contributed by atoms with Crippen molar-refractivity contribution in [2.24, 2.45) is 0 Å². The van der Waals surface area contributed by atoms with E-state index in [0.29, 0.717) is 24.3 Å². The van der Waals surface area contributed by atoms with Crippen LogP contribution in [0.3, 0.4) is 0 Å². The van der Waals surface area contributed by atoms with Gasteiger partial charge in [-0.2, -0.15) is 4.98 Å². The Morgan fingerprint density at radius 3 is 2.96 bits per heavy atom. The van der Waals surface area contributed by atoms with Crippen LogP contribution in [0.25, 0.3) is 11.4 Å². The molecule has 1 aliphatic rings. The number of thiophene rings is 1. The van der Waals surface area contributed by atoms with Gasteiger partial charge in [-0.25, -0.2) is 0 Å². The lowest BCUT2D eigenvalue weighted by molar-refractivity contribution is 0.0967. The van der Waals surface area contributed by atoms with E-state index in [1.807, 2.05) is 36.4 Å². The number of benzene rings is 1. The van der Waals surface area contributed by atoms with Crippen LogP contribution in [0.4, 0.5) is 0 Å². The molecule has 6 nitrogen and oxygen atoms in total. The first-order valence-corrected chi connectivity index (χ1v) is 9.50. The molecule has 1 N–H and O–H groups in total. The SMILES string of the molecule is CNC(=O)c1ccc(C2CCCN2Cc2nc(-c3ccccc3)no2)s1. The van der Waals surface area contributed by atoms with Gasteiger partial charge in [0.05, 0.1) is 11.4 Å². The molecule has 0 bridgehead atoms. The van der Waals surface area contributed by atoms with Crippen LogP contribution in [0.5, 0.6) is 0 Å². The van der Waals surface area contributed by atoms with Crippen molar-refractivity contribution in [3.8, 4) is 11.4 Å². The molecule has 7 heteroatoms. The van der Waals surface area contributed by atoms with E-state index >= 15 is 0 Å². The highest BCUT2D eigenvalue weighted by Crippen LogP contribution is 2.36. The zero-order valence-corrected chi connectivity index (χ0v) is 15.3. The van der Waals surface area contributed by atoms with Gasteiger partial charge in [0, 0.05) is 23.5 Å². The highest BCUT2D eigenvalue weighted by atomic mass is 32.1. The number of carbonyl (C=O) groups is 1. The Kier molecular flexibility index (Phi) is 4.81. The molecule has 3 heterocycles. The van der Waals surface area contributed by atoms with Gasteiger partial charge in [-0.3, -0.25) is 9.69 Å². The van der Waals surface area contributed by atoms with E-state index < -0.39 is 0 Å². The van der Waals surface area contributed by atoms with Crippen LogP contribution in [-0.2, 0) is 6.54 Å². The quantitative estimate of drug-likeness (QED) is 0.746. The van der Waals surface area contributed by atoms with Gasteiger partial charge in [-0.05, 0) is 31.5 Å². The number of rotatable bonds is 5. The van der Waals surface area contributed by atoms with Crippen molar-refractivity contribution in [1.29, 1.82) is 0 Å². The van der Waals surface area contributed by atoms with Crippen LogP contribution >= 0.6 is 11.3 Å². The Bertz CT molecular complexity index is 890. The van der Waals surface area contributed by atoms with Crippen molar-refractivity contribution in [2.45, 2.75) is 25.4 Å².